The second kappa shape index (κ2) is 5.83. The van der Waals surface area contributed by atoms with Crippen molar-refractivity contribution in [2.45, 2.75) is 19.3 Å². The first kappa shape index (κ1) is 12.8. The SMILES string of the molecule is COc1cc(F)cc(CC2CCNCC2)c1Br. The van der Waals surface area contributed by atoms with E-state index in [4.69, 9.17) is 4.74 Å². The topological polar surface area (TPSA) is 21.3 Å². The van der Waals surface area contributed by atoms with E-state index in [0.717, 1.165) is 42.4 Å². The van der Waals surface area contributed by atoms with Crippen molar-refractivity contribution in [3.05, 3.63) is 28.0 Å². The molecule has 0 unspecified atom stereocenters. The van der Waals surface area contributed by atoms with Gasteiger partial charge < -0.3 is 10.1 Å². The van der Waals surface area contributed by atoms with E-state index in [2.05, 4.69) is 21.2 Å². The molecule has 1 aromatic carbocycles. The summed E-state index contributed by atoms with van der Waals surface area (Å²) in [6, 6.07) is 3.02. The number of benzene rings is 1. The van der Waals surface area contributed by atoms with Crippen LogP contribution in [0, 0.1) is 11.7 Å². The number of halogens is 2. The van der Waals surface area contributed by atoms with Gasteiger partial charge in [-0.25, -0.2) is 4.39 Å². The van der Waals surface area contributed by atoms with Crippen molar-refractivity contribution in [3.8, 4) is 5.75 Å². The summed E-state index contributed by atoms with van der Waals surface area (Å²) in [5.41, 5.74) is 1.01. The summed E-state index contributed by atoms with van der Waals surface area (Å²) < 4.78 is 19.5. The van der Waals surface area contributed by atoms with E-state index in [1.54, 1.807) is 13.2 Å². The minimum absolute atomic E-state index is 0.228. The predicted molar refractivity (Wildman–Crippen MR) is 69.9 cm³/mol. The van der Waals surface area contributed by atoms with Gasteiger partial charge in [0.05, 0.1) is 11.6 Å². The number of rotatable bonds is 3. The number of methoxy groups -OCH3 is 1. The van der Waals surface area contributed by atoms with E-state index < -0.39 is 0 Å². The maximum atomic E-state index is 13.4. The minimum Gasteiger partial charge on any atom is -0.495 e. The highest BCUT2D eigenvalue weighted by Crippen LogP contribution is 2.32. The highest BCUT2D eigenvalue weighted by atomic mass is 79.9. The molecule has 1 aromatic rings. The van der Waals surface area contributed by atoms with Gasteiger partial charge in [-0.05, 0) is 65.8 Å². The lowest BCUT2D eigenvalue weighted by molar-refractivity contribution is 0.369. The van der Waals surface area contributed by atoms with Crippen molar-refractivity contribution < 1.29 is 9.13 Å². The fourth-order valence-corrected chi connectivity index (χ4v) is 2.86. The highest BCUT2D eigenvalue weighted by molar-refractivity contribution is 9.10. The quantitative estimate of drug-likeness (QED) is 0.926. The van der Waals surface area contributed by atoms with E-state index in [0.29, 0.717) is 11.7 Å². The van der Waals surface area contributed by atoms with Crippen LogP contribution in [-0.2, 0) is 6.42 Å². The molecule has 1 heterocycles. The third-order valence-corrected chi connectivity index (χ3v) is 4.17. The van der Waals surface area contributed by atoms with Crippen LogP contribution >= 0.6 is 15.9 Å². The van der Waals surface area contributed by atoms with Gasteiger partial charge in [-0.2, -0.15) is 0 Å². The third-order valence-electron chi connectivity index (χ3n) is 3.27. The average Bonchev–Trinajstić information content (AvgIpc) is 2.34. The van der Waals surface area contributed by atoms with Gasteiger partial charge in [0, 0.05) is 6.07 Å². The lowest BCUT2D eigenvalue weighted by Gasteiger charge is -2.23. The Labute approximate surface area is 110 Å². The van der Waals surface area contributed by atoms with Gasteiger partial charge in [-0.1, -0.05) is 0 Å². The average molecular weight is 302 g/mol. The molecule has 0 radical (unpaired) electrons. The second-order valence-corrected chi connectivity index (χ2v) is 5.27. The van der Waals surface area contributed by atoms with Crippen LogP contribution < -0.4 is 10.1 Å². The summed E-state index contributed by atoms with van der Waals surface area (Å²) >= 11 is 3.50. The minimum atomic E-state index is -0.228. The molecule has 2 nitrogen and oxygen atoms in total. The molecule has 4 heteroatoms. The number of piperidine rings is 1. The molecule has 1 aliphatic rings. The molecule has 2 rings (SSSR count). The Hall–Kier alpha value is -0.610. The van der Waals surface area contributed by atoms with E-state index in [9.17, 15) is 4.39 Å². The van der Waals surface area contributed by atoms with Crippen molar-refractivity contribution in [2.24, 2.45) is 5.92 Å². The van der Waals surface area contributed by atoms with Crippen molar-refractivity contribution >= 4 is 15.9 Å². The Bertz CT molecular complexity index is 391. The van der Waals surface area contributed by atoms with Crippen LogP contribution in [0.1, 0.15) is 18.4 Å². The predicted octanol–water partition coefficient (Wildman–Crippen LogP) is 3.14. The maximum Gasteiger partial charge on any atom is 0.136 e. The van der Waals surface area contributed by atoms with Crippen molar-refractivity contribution in [3.63, 3.8) is 0 Å². The van der Waals surface area contributed by atoms with E-state index in [-0.39, 0.29) is 5.82 Å². The van der Waals surface area contributed by atoms with E-state index in [1.165, 1.54) is 6.07 Å². The lowest BCUT2D eigenvalue weighted by Crippen LogP contribution is -2.28. The maximum absolute atomic E-state index is 13.4. The molecule has 17 heavy (non-hydrogen) atoms. The van der Waals surface area contributed by atoms with Gasteiger partial charge in [0.15, 0.2) is 0 Å². The van der Waals surface area contributed by atoms with Gasteiger partial charge in [0.1, 0.15) is 11.6 Å². The monoisotopic (exact) mass is 301 g/mol. The molecule has 94 valence electrons. The first-order valence-electron chi connectivity index (χ1n) is 5.93. The van der Waals surface area contributed by atoms with E-state index >= 15 is 0 Å². The highest BCUT2D eigenvalue weighted by Gasteiger charge is 2.17. The smallest absolute Gasteiger partial charge is 0.136 e. The zero-order valence-corrected chi connectivity index (χ0v) is 11.5. The van der Waals surface area contributed by atoms with Gasteiger partial charge in [-0.3, -0.25) is 0 Å². The molecule has 0 atom stereocenters. The first-order valence-corrected chi connectivity index (χ1v) is 6.72. The Morgan fingerprint density at radius 1 is 1.41 bits per heavy atom. The zero-order valence-electron chi connectivity index (χ0n) is 9.93. The van der Waals surface area contributed by atoms with Crippen molar-refractivity contribution in [1.82, 2.24) is 5.32 Å². The zero-order chi connectivity index (χ0) is 12.3. The Morgan fingerprint density at radius 3 is 2.76 bits per heavy atom. The van der Waals surface area contributed by atoms with Crippen molar-refractivity contribution in [2.75, 3.05) is 20.2 Å². The van der Waals surface area contributed by atoms with Gasteiger partial charge in [0.2, 0.25) is 0 Å². The lowest BCUT2D eigenvalue weighted by atomic mass is 9.91. The van der Waals surface area contributed by atoms with Crippen molar-refractivity contribution in [1.29, 1.82) is 0 Å². The number of ether oxygens (including phenoxy) is 1. The van der Waals surface area contributed by atoms with Gasteiger partial charge >= 0.3 is 0 Å². The van der Waals surface area contributed by atoms with E-state index in [1.807, 2.05) is 0 Å². The summed E-state index contributed by atoms with van der Waals surface area (Å²) in [6.45, 7) is 2.13. The molecule has 1 N–H and O–H groups in total. The van der Waals surface area contributed by atoms with Crippen LogP contribution in [0.25, 0.3) is 0 Å². The Balaban J connectivity index is 2.16. The summed E-state index contributed by atoms with van der Waals surface area (Å²) in [5, 5.41) is 3.34. The molecule has 1 fully saturated rings. The summed E-state index contributed by atoms with van der Waals surface area (Å²) in [4.78, 5) is 0. The summed E-state index contributed by atoms with van der Waals surface area (Å²) in [7, 11) is 1.56. The van der Waals surface area contributed by atoms with Crippen LogP contribution in [-0.4, -0.2) is 20.2 Å². The molecular weight excluding hydrogens is 285 g/mol. The molecule has 0 saturated carbocycles. The van der Waals surface area contributed by atoms with Crippen LogP contribution in [0.5, 0.6) is 5.75 Å². The standard InChI is InChI=1S/C13H17BrFNO/c1-17-12-8-11(15)7-10(13(12)14)6-9-2-4-16-5-3-9/h7-9,16H,2-6H2,1H3. The molecule has 1 saturated heterocycles. The molecular formula is C13H17BrFNO. The summed E-state index contributed by atoms with van der Waals surface area (Å²) in [6.07, 6.45) is 3.23. The molecule has 0 aliphatic carbocycles. The van der Waals surface area contributed by atoms with Crippen LogP contribution in [0.3, 0.4) is 0 Å². The first-order chi connectivity index (χ1) is 8.20. The molecule has 0 aromatic heterocycles. The van der Waals surface area contributed by atoms with Crippen LogP contribution in [0.4, 0.5) is 4.39 Å². The Kier molecular flexibility index (Phi) is 4.40. The van der Waals surface area contributed by atoms with Gasteiger partial charge in [0.25, 0.3) is 0 Å². The number of hydrogen-bond donors (Lipinski definition) is 1. The second-order valence-electron chi connectivity index (χ2n) is 4.48. The summed E-state index contributed by atoms with van der Waals surface area (Å²) in [5.74, 6) is 0.988. The molecule has 0 amide bonds. The van der Waals surface area contributed by atoms with Gasteiger partial charge in [-0.15, -0.1) is 0 Å². The molecule has 0 spiro atoms. The fourth-order valence-electron chi connectivity index (χ4n) is 2.31. The fraction of sp³-hybridized carbons (Fsp3) is 0.538. The molecule has 0 bridgehead atoms. The molecule has 1 aliphatic heterocycles. The Morgan fingerprint density at radius 2 is 2.12 bits per heavy atom. The third kappa shape index (κ3) is 3.19. The largest absolute Gasteiger partial charge is 0.495 e. The number of hydrogen-bond acceptors (Lipinski definition) is 2. The van der Waals surface area contributed by atoms with Crippen LogP contribution in [0.2, 0.25) is 0 Å². The normalized spacial score (nSPS) is 17.1. The number of nitrogens with one attached hydrogen (secondary N) is 1. The van der Waals surface area contributed by atoms with Crippen LogP contribution in [0.15, 0.2) is 16.6 Å².